The monoisotopic (exact) mass is 271 g/mol. The maximum Gasteiger partial charge on any atom is 0.123 e. The van der Waals surface area contributed by atoms with Crippen molar-refractivity contribution in [2.24, 2.45) is 0 Å². The predicted molar refractivity (Wildman–Crippen MR) is 76.7 cm³/mol. The van der Waals surface area contributed by atoms with Crippen LogP contribution >= 0.6 is 0 Å². The Bertz CT molecular complexity index is 585. The lowest BCUT2D eigenvalue weighted by molar-refractivity contribution is 0.0995. The third-order valence-electron chi connectivity index (χ3n) is 3.95. The maximum atomic E-state index is 13.3. The van der Waals surface area contributed by atoms with Crippen molar-refractivity contribution in [2.75, 3.05) is 6.61 Å². The molecule has 2 nitrogen and oxygen atoms in total. The van der Waals surface area contributed by atoms with E-state index in [0.29, 0.717) is 6.42 Å². The second-order valence-electron chi connectivity index (χ2n) is 5.34. The van der Waals surface area contributed by atoms with Gasteiger partial charge >= 0.3 is 0 Å². The van der Waals surface area contributed by atoms with Crippen LogP contribution in [-0.2, 0) is 19.5 Å². The Hall–Kier alpha value is -1.71. The van der Waals surface area contributed by atoms with E-state index in [9.17, 15) is 9.50 Å². The predicted octanol–water partition coefficient (Wildman–Crippen LogP) is 2.74. The van der Waals surface area contributed by atoms with Crippen molar-refractivity contribution in [1.82, 2.24) is 4.90 Å². The average molecular weight is 271 g/mol. The molecule has 0 bridgehead atoms. The van der Waals surface area contributed by atoms with Gasteiger partial charge in [-0.2, -0.15) is 0 Å². The fourth-order valence-corrected chi connectivity index (χ4v) is 2.85. The molecule has 20 heavy (non-hydrogen) atoms. The van der Waals surface area contributed by atoms with Crippen LogP contribution < -0.4 is 0 Å². The summed E-state index contributed by atoms with van der Waals surface area (Å²) in [7, 11) is 0. The zero-order chi connectivity index (χ0) is 13.9. The minimum atomic E-state index is -0.197. The Morgan fingerprint density at radius 3 is 2.65 bits per heavy atom. The van der Waals surface area contributed by atoms with Crippen LogP contribution in [-0.4, -0.2) is 22.7 Å². The summed E-state index contributed by atoms with van der Waals surface area (Å²) in [5.74, 6) is -0.197. The fourth-order valence-electron chi connectivity index (χ4n) is 2.85. The normalized spacial score (nSPS) is 18.8. The molecule has 0 saturated heterocycles. The first-order valence-corrected chi connectivity index (χ1v) is 6.92. The first-order valence-electron chi connectivity index (χ1n) is 6.92. The van der Waals surface area contributed by atoms with Crippen LogP contribution in [0.4, 0.5) is 4.39 Å². The van der Waals surface area contributed by atoms with Gasteiger partial charge in [-0.15, -0.1) is 0 Å². The molecule has 0 aliphatic carbocycles. The molecule has 1 aliphatic rings. The Morgan fingerprint density at radius 2 is 1.90 bits per heavy atom. The van der Waals surface area contributed by atoms with Crippen LogP contribution in [0.2, 0.25) is 0 Å². The molecule has 0 amide bonds. The zero-order valence-corrected chi connectivity index (χ0v) is 11.3. The Morgan fingerprint density at radius 1 is 1.10 bits per heavy atom. The van der Waals surface area contributed by atoms with Gasteiger partial charge in [0, 0.05) is 19.1 Å². The van der Waals surface area contributed by atoms with Crippen molar-refractivity contribution < 1.29 is 9.50 Å². The minimum absolute atomic E-state index is 0.0597. The van der Waals surface area contributed by atoms with Gasteiger partial charge in [0.25, 0.3) is 0 Å². The van der Waals surface area contributed by atoms with Crippen LogP contribution in [0.1, 0.15) is 16.7 Å². The van der Waals surface area contributed by atoms with Gasteiger partial charge in [0.05, 0.1) is 6.61 Å². The van der Waals surface area contributed by atoms with Crippen molar-refractivity contribution in [3.63, 3.8) is 0 Å². The number of benzene rings is 2. The molecule has 1 heterocycles. The number of hydrogen-bond acceptors (Lipinski definition) is 2. The molecule has 1 aliphatic heterocycles. The molecule has 2 aromatic carbocycles. The van der Waals surface area contributed by atoms with E-state index in [0.717, 1.165) is 24.2 Å². The number of rotatable bonds is 3. The van der Waals surface area contributed by atoms with Gasteiger partial charge < -0.3 is 5.11 Å². The Kier molecular flexibility index (Phi) is 3.81. The van der Waals surface area contributed by atoms with E-state index in [1.165, 1.54) is 11.6 Å². The number of hydrogen-bond donors (Lipinski definition) is 1. The lowest BCUT2D eigenvalue weighted by atomic mass is 9.93. The first-order chi connectivity index (χ1) is 9.76. The van der Waals surface area contributed by atoms with Crippen LogP contribution in [0.15, 0.2) is 48.5 Å². The zero-order valence-electron chi connectivity index (χ0n) is 11.3. The smallest absolute Gasteiger partial charge is 0.123 e. The highest BCUT2D eigenvalue weighted by atomic mass is 19.1. The molecular formula is C17H18FNO. The highest BCUT2D eigenvalue weighted by Gasteiger charge is 2.25. The van der Waals surface area contributed by atoms with Crippen molar-refractivity contribution >= 4 is 0 Å². The van der Waals surface area contributed by atoms with Crippen molar-refractivity contribution in [3.05, 3.63) is 71.0 Å². The van der Waals surface area contributed by atoms with Gasteiger partial charge in [-0.25, -0.2) is 4.39 Å². The van der Waals surface area contributed by atoms with E-state index in [2.05, 4.69) is 17.0 Å². The summed E-state index contributed by atoms with van der Waals surface area (Å²) < 4.78 is 13.3. The van der Waals surface area contributed by atoms with Crippen LogP contribution in [0.25, 0.3) is 0 Å². The minimum Gasteiger partial charge on any atom is -0.395 e. The van der Waals surface area contributed by atoms with E-state index in [1.54, 1.807) is 6.07 Å². The topological polar surface area (TPSA) is 23.5 Å². The van der Waals surface area contributed by atoms with E-state index < -0.39 is 0 Å². The molecule has 2 aromatic rings. The number of nitrogens with zero attached hydrogens (tertiary/aromatic N) is 1. The lowest BCUT2D eigenvalue weighted by Gasteiger charge is -2.36. The highest BCUT2D eigenvalue weighted by molar-refractivity contribution is 5.31. The van der Waals surface area contributed by atoms with Gasteiger partial charge in [0.1, 0.15) is 5.82 Å². The van der Waals surface area contributed by atoms with Gasteiger partial charge in [-0.1, -0.05) is 36.4 Å². The number of fused-ring (bicyclic) bond motifs is 1. The van der Waals surface area contributed by atoms with Crippen LogP contribution in [0.5, 0.6) is 0 Å². The molecular weight excluding hydrogens is 253 g/mol. The quantitative estimate of drug-likeness (QED) is 0.928. The fraction of sp³-hybridized carbons (Fsp3) is 0.294. The molecule has 0 saturated carbocycles. The summed E-state index contributed by atoms with van der Waals surface area (Å²) in [5.41, 5.74) is 3.41. The molecule has 1 unspecified atom stereocenters. The largest absolute Gasteiger partial charge is 0.395 e. The summed E-state index contributed by atoms with van der Waals surface area (Å²) >= 11 is 0. The van der Waals surface area contributed by atoms with Crippen LogP contribution in [0.3, 0.4) is 0 Å². The van der Waals surface area contributed by atoms with Gasteiger partial charge in [-0.3, -0.25) is 4.90 Å². The third kappa shape index (κ3) is 2.74. The summed E-state index contributed by atoms with van der Waals surface area (Å²) in [6.45, 7) is 1.67. The Labute approximate surface area is 118 Å². The highest BCUT2D eigenvalue weighted by Crippen LogP contribution is 2.25. The molecule has 0 spiro atoms. The van der Waals surface area contributed by atoms with Crippen molar-refractivity contribution in [3.8, 4) is 0 Å². The lowest BCUT2D eigenvalue weighted by Crippen LogP contribution is -2.42. The number of aliphatic hydroxyl groups excluding tert-OH is 1. The molecule has 0 aromatic heterocycles. The van der Waals surface area contributed by atoms with Crippen LogP contribution in [0, 0.1) is 5.82 Å². The standard InChI is InChI=1S/C17H18FNO/c18-16-7-6-14-11-19(10-13-4-2-1-3-5-13)17(12-20)9-15(14)8-16/h1-8,17,20H,9-12H2. The Balaban J connectivity index is 1.83. The number of halogens is 1. The SMILES string of the molecule is OCC1Cc2cc(F)ccc2CN1Cc1ccccc1. The van der Waals surface area contributed by atoms with E-state index in [4.69, 9.17) is 0 Å². The summed E-state index contributed by atoms with van der Waals surface area (Å²) in [6.07, 6.45) is 0.705. The molecule has 3 rings (SSSR count). The molecule has 0 radical (unpaired) electrons. The van der Waals surface area contributed by atoms with E-state index in [-0.39, 0.29) is 18.5 Å². The molecule has 104 valence electrons. The average Bonchev–Trinajstić information content (AvgIpc) is 2.48. The van der Waals surface area contributed by atoms with Gasteiger partial charge in [-0.05, 0) is 35.2 Å². The van der Waals surface area contributed by atoms with Crippen molar-refractivity contribution in [1.29, 1.82) is 0 Å². The third-order valence-corrected chi connectivity index (χ3v) is 3.95. The van der Waals surface area contributed by atoms with E-state index in [1.807, 2.05) is 24.3 Å². The second-order valence-corrected chi connectivity index (χ2v) is 5.34. The molecule has 1 atom stereocenters. The van der Waals surface area contributed by atoms with Gasteiger partial charge in [0.15, 0.2) is 0 Å². The molecule has 3 heteroatoms. The maximum absolute atomic E-state index is 13.3. The van der Waals surface area contributed by atoms with Gasteiger partial charge in [0.2, 0.25) is 0 Å². The first kappa shape index (κ1) is 13.3. The van der Waals surface area contributed by atoms with Crippen molar-refractivity contribution in [2.45, 2.75) is 25.6 Å². The number of aliphatic hydroxyl groups is 1. The summed E-state index contributed by atoms with van der Waals surface area (Å²) in [4.78, 5) is 2.26. The molecule has 0 fully saturated rings. The summed E-state index contributed by atoms with van der Waals surface area (Å²) in [5, 5.41) is 9.60. The van der Waals surface area contributed by atoms with E-state index >= 15 is 0 Å². The second kappa shape index (κ2) is 5.73. The summed E-state index contributed by atoms with van der Waals surface area (Å²) in [6, 6.07) is 15.3. The molecule has 1 N–H and O–H groups in total.